The highest BCUT2D eigenvalue weighted by molar-refractivity contribution is 6.38. The molecule has 4 N–H and O–H groups in total. The average molecular weight is 392 g/mol. The first kappa shape index (κ1) is 18.1. The summed E-state index contributed by atoms with van der Waals surface area (Å²) in [7, 11) is 0. The molecule has 1 aromatic heterocycles. The largest absolute Gasteiger partial charge is 0.506 e. The second-order valence-corrected chi connectivity index (χ2v) is 8.15. The highest BCUT2D eigenvalue weighted by Crippen LogP contribution is 2.45. The van der Waals surface area contributed by atoms with Crippen LogP contribution in [0.3, 0.4) is 0 Å². The van der Waals surface area contributed by atoms with Crippen LogP contribution in [0.2, 0.25) is 5.02 Å². The van der Waals surface area contributed by atoms with E-state index in [1.807, 2.05) is 4.90 Å². The molecule has 0 amide bonds. The molecule has 2 aromatic rings. The Bertz CT molecular complexity index is 989. The lowest BCUT2D eigenvalue weighted by molar-refractivity contribution is 0.0695. The molecule has 4 rings (SSSR count). The van der Waals surface area contributed by atoms with Gasteiger partial charge in [0, 0.05) is 31.4 Å². The maximum atomic E-state index is 12.7. The monoisotopic (exact) mass is 391 g/mol. The molecule has 1 aliphatic heterocycles. The van der Waals surface area contributed by atoms with Crippen molar-refractivity contribution in [2.45, 2.75) is 38.3 Å². The molecule has 2 heterocycles. The fraction of sp³-hybridized carbons (Fsp3) is 0.474. The normalized spacial score (nSPS) is 23.0. The van der Waals surface area contributed by atoms with Crippen LogP contribution in [0, 0.1) is 5.92 Å². The van der Waals surface area contributed by atoms with Crippen molar-refractivity contribution in [2.24, 2.45) is 11.7 Å². The number of nitrogens with two attached hydrogens (primary N) is 1. The highest BCUT2D eigenvalue weighted by Gasteiger charge is 2.31. The van der Waals surface area contributed by atoms with E-state index in [0.29, 0.717) is 30.2 Å². The maximum absolute atomic E-state index is 12.7. The first-order valence-electron chi connectivity index (χ1n) is 9.12. The van der Waals surface area contributed by atoms with Gasteiger partial charge in [0.25, 0.3) is 0 Å². The summed E-state index contributed by atoms with van der Waals surface area (Å²) in [5, 5.41) is 20.4. The lowest BCUT2D eigenvalue weighted by Gasteiger charge is -2.37. The Kier molecular flexibility index (Phi) is 4.31. The summed E-state index contributed by atoms with van der Waals surface area (Å²) in [6.45, 7) is 3.36. The zero-order valence-corrected chi connectivity index (χ0v) is 15.7. The number of carboxylic acid groups (broad SMARTS) is 1. The van der Waals surface area contributed by atoms with Crippen LogP contribution in [0.4, 0.5) is 5.69 Å². The molecule has 27 heavy (non-hydrogen) atoms. The molecular formula is C19H22ClN3O4. The Balaban J connectivity index is 1.98. The molecule has 8 heteroatoms. The number of nitrogens with zero attached hydrogens (tertiary/aromatic N) is 2. The van der Waals surface area contributed by atoms with Gasteiger partial charge in [-0.3, -0.25) is 4.79 Å². The van der Waals surface area contributed by atoms with E-state index in [1.165, 1.54) is 12.3 Å². The van der Waals surface area contributed by atoms with E-state index < -0.39 is 11.4 Å². The summed E-state index contributed by atoms with van der Waals surface area (Å²) >= 11 is 6.71. The van der Waals surface area contributed by atoms with Crippen molar-refractivity contribution in [1.29, 1.82) is 0 Å². The third-order valence-electron chi connectivity index (χ3n) is 5.39. The van der Waals surface area contributed by atoms with E-state index >= 15 is 0 Å². The molecule has 144 valence electrons. The number of carbonyl (C=O) groups is 1. The first-order chi connectivity index (χ1) is 12.8. The lowest BCUT2D eigenvalue weighted by Crippen LogP contribution is -2.46. The van der Waals surface area contributed by atoms with Gasteiger partial charge < -0.3 is 25.4 Å². The predicted molar refractivity (Wildman–Crippen MR) is 104 cm³/mol. The molecule has 2 aliphatic rings. The Hall–Kier alpha value is -2.25. The van der Waals surface area contributed by atoms with Crippen molar-refractivity contribution in [3.8, 4) is 5.75 Å². The zero-order valence-electron chi connectivity index (χ0n) is 15.0. The number of piperidine rings is 1. The standard InChI is InChI=1S/C19H22ClN3O4/c1-9-4-10(21)7-22(6-9)17-14(24)5-12-16(15(17)20)23(11-2-3-11)8-13(18(12)25)19(26)27/h5,8-11,24H,2-4,6-7,21H2,1H3,(H,26,27)/t9-,10+/m1/s1. The summed E-state index contributed by atoms with van der Waals surface area (Å²) in [5.41, 5.74) is 6.13. The van der Waals surface area contributed by atoms with Gasteiger partial charge in [-0.2, -0.15) is 0 Å². The number of aromatic nitrogens is 1. The van der Waals surface area contributed by atoms with Crippen LogP contribution in [0.5, 0.6) is 5.75 Å². The van der Waals surface area contributed by atoms with Crippen molar-refractivity contribution in [3.05, 3.63) is 33.1 Å². The molecule has 1 aromatic carbocycles. The number of carboxylic acids is 1. The van der Waals surface area contributed by atoms with Crippen LogP contribution < -0.4 is 16.1 Å². The molecule has 2 atom stereocenters. The van der Waals surface area contributed by atoms with Crippen LogP contribution in [0.1, 0.15) is 42.6 Å². The quantitative estimate of drug-likeness (QED) is 0.742. The molecule has 1 saturated carbocycles. The Morgan fingerprint density at radius 2 is 2.04 bits per heavy atom. The summed E-state index contributed by atoms with van der Waals surface area (Å²) in [6, 6.07) is 1.43. The molecule has 1 saturated heterocycles. The van der Waals surface area contributed by atoms with Gasteiger partial charge in [-0.15, -0.1) is 0 Å². The number of hydrogen-bond donors (Lipinski definition) is 3. The average Bonchev–Trinajstić information content (AvgIpc) is 3.39. The number of aromatic hydroxyl groups is 1. The number of pyridine rings is 1. The molecular weight excluding hydrogens is 370 g/mol. The van der Waals surface area contributed by atoms with Crippen LogP contribution in [-0.2, 0) is 0 Å². The third-order valence-corrected chi connectivity index (χ3v) is 5.75. The topological polar surface area (TPSA) is 109 Å². The molecule has 1 aliphatic carbocycles. The van der Waals surface area contributed by atoms with Crippen molar-refractivity contribution in [2.75, 3.05) is 18.0 Å². The minimum absolute atomic E-state index is 0.0278. The van der Waals surface area contributed by atoms with Gasteiger partial charge in [0.1, 0.15) is 17.0 Å². The number of benzene rings is 1. The van der Waals surface area contributed by atoms with Crippen LogP contribution in [-0.4, -0.2) is 39.9 Å². The minimum Gasteiger partial charge on any atom is -0.506 e. The van der Waals surface area contributed by atoms with Crippen molar-refractivity contribution < 1.29 is 15.0 Å². The molecule has 0 radical (unpaired) electrons. The van der Waals surface area contributed by atoms with Crippen molar-refractivity contribution in [3.63, 3.8) is 0 Å². The SMILES string of the molecule is C[C@@H]1C[C@H](N)CN(c2c(O)cc3c(=O)c(C(=O)O)cn(C4CC4)c3c2Cl)C1. The van der Waals surface area contributed by atoms with Crippen LogP contribution in [0.15, 0.2) is 17.1 Å². The number of fused-ring (bicyclic) bond motifs is 1. The van der Waals surface area contributed by atoms with Crippen LogP contribution >= 0.6 is 11.6 Å². The number of phenols is 1. The van der Waals surface area contributed by atoms with E-state index in [-0.39, 0.29) is 33.8 Å². The summed E-state index contributed by atoms with van der Waals surface area (Å²) < 4.78 is 1.78. The fourth-order valence-corrected chi connectivity index (χ4v) is 4.54. The third kappa shape index (κ3) is 3.04. The first-order valence-corrected chi connectivity index (χ1v) is 9.49. The fourth-order valence-electron chi connectivity index (χ4n) is 4.13. The van der Waals surface area contributed by atoms with E-state index in [1.54, 1.807) is 4.57 Å². The molecule has 0 unspecified atom stereocenters. The zero-order chi connectivity index (χ0) is 19.5. The highest BCUT2D eigenvalue weighted by atomic mass is 35.5. The number of phenolic OH excluding ortho intramolecular Hbond substituents is 1. The van der Waals surface area contributed by atoms with E-state index in [4.69, 9.17) is 17.3 Å². The van der Waals surface area contributed by atoms with Gasteiger partial charge in [0.2, 0.25) is 5.43 Å². The number of aromatic carboxylic acids is 1. The minimum atomic E-state index is -1.29. The number of halogens is 1. The molecule has 0 spiro atoms. The Morgan fingerprint density at radius 1 is 1.33 bits per heavy atom. The summed E-state index contributed by atoms with van der Waals surface area (Å²) in [5.74, 6) is -1.07. The number of rotatable bonds is 3. The second kappa shape index (κ2) is 6.42. The van der Waals surface area contributed by atoms with Crippen LogP contribution in [0.25, 0.3) is 10.9 Å². The van der Waals surface area contributed by atoms with E-state index in [9.17, 15) is 19.8 Å². The Labute approximate surface area is 160 Å². The van der Waals surface area contributed by atoms with Gasteiger partial charge >= 0.3 is 5.97 Å². The van der Waals surface area contributed by atoms with E-state index in [2.05, 4.69) is 6.92 Å². The summed E-state index contributed by atoms with van der Waals surface area (Å²) in [4.78, 5) is 26.1. The van der Waals surface area contributed by atoms with Gasteiger partial charge in [-0.05, 0) is 31.2 Å². The maximum Gasteiger partial charge on any atom is 0.341 e. The lowest BCUT2D eigenvalue weighted by atomic mass is 9.95. The van der Waals surface area contributed by atoms with Gasteiger partial charge in [0.15, 0.2) is 0 Å². The summed E-state index contributed by atoms with van der Waals surface area (Å²) in [6.07, 6.45) is 4.07. The van der Waals surface area contributed by atoms with Crippen molar-refractivity contribution >= 4 is 34.2 Å². The van der Waals surface area contributed by atoms with E-state index in [0.717, 1.165) is 19.3 Å². The number of anilines is 1. The van der Waals surface area contributed by atoms with Crippen molar-refractivity contribution in [1.82, 2.24) is 4.57 Å². The Morgan fingerprint density at radius 3 is 2.63 bits per heavy atom. The second-order valence-electron chi connectivity index (χ2n) is 7.78. The van der Waals surface area contributed by atoms with Gasteiger partial charge in [-0.1, -0.05) is 18.5 Å². The van der Waals surface area contributed by atoms with Gasteiger partial charge in [-0.25, -0.2) is 4.79 Å². The predicted octanol–water partition coefficient (Wildman–Crippen LogP) is 2.57. The van der Waals surface area contributed by atoms with Gasteiger partial charge in [0.05, 0.1) is 15.9 Å². The molecule has 2 fully saturated rings. The molecule has 0 bridgehead atoms. The number of hydrogen-bond acceptors (Lipinski definition) is 5. The smallest absolute Gasteiger partial charge is 0.341 e. The molecule has 7 nitrogen and oxygen atoms in total.